The lowest BCUT2D eigenvalue weighted by atomic mass is 10.1. The molecular weight excluding hydrogens is 414 g/mol. The molecule has 1 N–H and O–H groups in total. The molecule has 0 unspecified atom stereocenters. The number of nitrogens with zero attached hydrogens (tertiary/aromatic N) is 4. The highest BCUT2D eigenvalue weighted by molar-refractivity contribution is 6.76. The molecule has 9 nitrogen and oxygen atoms in total. The van der Waals surface area contributed by atoms with Crippen LogP contribution in [0, 0.1) is 10.1 Å². The molecule has 168 valence electrons. The van der Waals surface area contributed by atoms with Crippen molar-refractivity contribution in [1.29, 1.82) is 0 Å². The summed E-state index contributed by atoms with van der Waals surface area (Å²) >= 11 is 0. The number of nitrogens with one attached hydrogen (secondary N) is 1. The smallest absolute Gasteiger partial charge is 0.293 e. The summed E-state index contributed by atoms with van der Waals surface area (Å²) in [6.45, 7) is 9.35. The van der Waals surface area contributed by atoms with E-state index in [1.165, 1.54) is 0 Å². The largest absolute Gasteiger partial charge is 0.377 e. The lowest BCUT2D eigenvalue weighted by Gasteiger charge is -2.26. The van der Waals surface area contributed by atoms with Gasteiger partial charge in [0.15, 0.2) is 5.82 Å². The highest BCUT2D eigenvalue weighted by atomic mass is 28.3. The fourth-order valence-corrected chi connectivity index (χ4v) is 4.23. The number of aromatic nitrogens is 3. The molecular formula is C21H31N5O4Si. The van der Waals surface area contributed by atoms with E-state index < -0.39 is 8.07 Å². The van der Waals surface area contributed by atoms with Gasteiger partial charge in [0.25, 0.3) is 5.69 Å². The molecule has 1 atom stereocenters. The molecule has 0 amide bonds. The molecule has 4 rings (SSSR count). The van der Waals surface area contributed by atoms with Crippen LogP contribution < -0.4 is 5.32 Å². The molecule has 0 radical (unpaired) electrons. The van der Waals surface area contributed by atoms with Gasteiger partial charge in [-0.3, -0.25) is 14.7 Å². The van der Waals surface area contributed by atoms with Crippen molar-refractivity contribution < 1.29 is 14.4 Å². The first-order valence-electron chi connectivity index (χ1n) is 11.0. The molecule has 1 aromatic carbocycles. The fraction of sp³-hybridized carbons (Fsp3) is 0.619. The van der Waals surface area contributed by atoms with Crippen LogP contribution >= 0.6 is 0 Å². The normalized spacial score (nSPS) is 18.6. The van der Waals surface area contributed by atoms with Crippen molar-refractivity contribution in [1.82, 2.24) is 14.8 Å². The molecule has 1 saturated carbocycles. The number of anilines is 1. The van der Waals surface area contributed by atoms with E-state index in [1.807, 2.05) is 10.6 Å². The second-order valence-corrected chi connectivity index (χ2v) is 15.2. The van der Waals surface area contributed by atoms with Crippen LogP contribution in [0.4, 0.5) is 11.4 Å². The first-order chi connectivity index (χ1) is 14.8. The molecule has 1 aromatic heterocycles. The Balaban J connectivity index is 1.54. The van der Waals surface area contributed by atoms with Crippen LogP contribution in [0.2, 0.25) is 25.7 Å². The summed E-state index contributed by atoms with van der Waals surface area (Å²) in [5.41, 5.74) is 1.19. The lowest BCUT2D eigenvalue weighted by molar-refractivity contribution is -0.383. The molecule has 2 aliphatic rings. The summed E-state index contributed by atoms with van der Waals surface area (Å²) in [5.74, 6) is 1.93. The maximum Gasteiger partial charge on any atom is 0.293 e. The second-order valence-electron chi connectivity index (χ2n) is 9.58. The average molecular weight is 446 g/mol. The number of nitro groups is 1. The lowest BCUT2D eigenvalue weighted by Crippen LogP contribution is -2.33. The van der Waals surface area contributed by atoms with Gasteiger partial charge in [-0.1, -0.05) is 19.6 Å². The van der Waals surface area contributed by atoms with E-state index in [0.717, 1.165) is 37.7 Å². The van der Waals surface area contributed by atoms with Crippen LogP contribution in [0.15, 0.2) is 18.2 Å². The van der Waals surface area contributed by atoms with Gasteiger partial charge in [-0.15, -0.1) is 10.2 Å². The van der Waals surface area contributed by atoms with E-state index in [2.05, 4.69) is 35.2 Å². The standard InChI is InChI=1S/C21H31N5O4Si/c1-31(2,3)11-10-29-14-25-20(15-4-5-15)23-24-21(25)16-6-7-18(19(12-16)26(27)28)22-13-17-8-9-30-17/h6-7,12,15,17,22H,4-5,8-11,13-14H2,1-3H3/t17-/m0/s1. The van der Waals surface area contributed by atoms with Gasteiger partial charge < -0.3 is 14.8 Å². The van der Waals surface area contributed by atoms with Crippen molar-refractivity contribution in [3.63, 3.8) is 0 Å². The summed E-state index contributed by atoms with van der Waals surface area (Å²) in [6, 6.07) is 6.26. The molecule has 31 heavy (non-hydrogen) atoms. The quantitative estimate of drug-likeness (QED) is 0.239. The van der Waals surface area contributed by atoms with Crippen molar-refractivity contribution in [2.45, 2.75) is 63.7 Å². The fourth-order valence-electron chi connectivity index (χ4n) is 3.47. The molecule has 2 heterocycles. The highest BCUT2D eigenvalue weighted by Crippen LogP contribution is 2.40. The highest BCUT2D eigenvalue weighted by Gasteiger charge is 2.31. The minimum atomic E-state index is -1.18. The van der Waals surface area contributed by atoms with Gasteiger partial charge in [0.2, 0.25) is 0 Å². The zero-order valence-electron chi connectivity index (χ0n) is 18.5. The van der Waals surface area contributed by atoms with Gasteiger partial charge in [-0.2, -0.15) is 0 Å². The molecule has 2 fully saturated rings. The third-order valence-corrected chi connectivity index (χ3v) is 7.41. The Labute approximate surface area is 183 Å². The third-order valence-electron chi connectivity index (χ3n) is 5.70. The molecule has 1 saturated heterocycles. The van der Waals surface area contributed by atoms with Gasteiger partial charge in [-0.05, 0) is 37.4 Å². The van der Waals surface area contributed by atoms with Crippen LogP contribution in [-0.4, -0.2) is 53.6 Å². The van der Waals surface area contributed by atoms with E-state index in [0.29, 0.717) is 42.9 Å². The van der Waals surface area contributed by atoms with Crippen molar-refractivity contribution in [2.75, 3.05) is 25.1 Å². The Morgan fingerprint density at radius 2 is 2.06 bits per heavy atom. The Morgan fingerprint density at radius 3 is 2.68 bits per heavy atom. The zero-order chi connectivity index (χ0) is 22.0. The van der Waals surface area contributed by atoms with Gasteiger partial charge in [0.1, 0.15) is 18.2 Å². The summed E-state index contributed by atoms with van der Waals surface area (Å²) < 4.78 is 13.4. The monoisotopic (exact) mass is 445 g/mol. The summed E-state index contributed by atoms with van der Waals surface area (Å²) in [7, 11) is -1.18. The number of nitro benzene ring substituents is 1. The molecule has 2 aromatic rings. The van der Waals surface area contributed by atoms with Crippen LogP contribution in [0.25, 0.3) is 11.4 Å². The Morgan fingerprint density at radius 1 is 1.29 bits per heavy atom. The molecule has 1 aliphatic carbocycles. The minimum Gasteiger partial charge on any atom is -0.377 e. The van der Waals surface area contributed by atoms with Crippen molar-refractivity contribution in [2.24, 2.45) is 0 Å². The zero-order valence-corrected chi connectivity index (χ0v) is 19.5. The van der Waals surface area contributed by atoms with Crippen LogP contribution in [-0.2, 0) is 16.2 Å². The summed E-state index contributed by atoms with van der Waals surface area (Å²) in [5, 5.41) is 23.6. The molecule has 0 spiro atoms. The van der Waals surface area contributed by atoms with Gasteiger partial charge in [0.05, 0.1) is 11.0 Å². The maximum atomic E-state index is 11.7. The van der Waals surface area contributed by atoms with Crippen molar-refractivity contribution in [3.05, 3.63) is 34.1 Å². The van der Waals surface area contributed by atoms with Gasteiger partial charge >= 0.3 is 0 Å². The molecule has 10 heteroatoms. The van der Waals surface area contributed by atoms with E-state index in [9.17, 15) is 10.1 Å². The number of benzene rings is 1. The Bertz CT molecular complexity index is 934. The molecule has 1 aliphatic heterocycles. The van der Waals surface area contributed by atoms with E-state index in [-0.39, 0.29) is 16.7 Å². The van der Waals surface area contributed by atoms with Crippen molar-refractivity contribution >= 4 is 19.4 Å². The third kappa shape index (κ3) is 5.49. The predicted octanol–water partition coefficient (Wildman–Crippen LogP) is 4.24. The average Bonchev–Trinajstić information content (AvgIpc) is 3.43. The van der Waals surface area contributed by atoms with E-state index >= 15 is 0 Å². The SMILES string of the molecule is C[Si](C)(C)CCOCn1c(-c2ccc(NC[C@@H]3CCO3)c([N+](=O)[O-])c2)nnc1C1CC1. The maximum absolute atomic E-state index is 11.7. The van der Waals surface area contributed by atoms with Crippen LogP contribution in [0.3, 0.4) is 0 Å². The number of rotatable bonds is 11. The van der Waals surface area contributed by atoms with Gasteiger partial charge in [-0.25, -0.2) is 0 Å². The summed E-state index contributed by atoms with van der Waals surface area (Å²) in [4.78, 5) is 11.4. The Hall–Kier alpha value is -2.30. The number of hydrogen-bond acceptors (Lipinski definition) is 7. The first-order valence-corrected chi connectivity index (χ1v) is 14.7. The van der Waals surface area contributed by atoms with Crippen LogP contribution in [0.5, 0.6) is 0 Å². The van der Waals surface area contributed by atoms with Gasteiger partial charge in [0, 0.05) is 45.4 Å². The van der Waals surface area contributed by atoms with Crippen LogP contribution in [0.1, 0.15) is 31.0 Å². The van der Waals surface area contributed by atoms with Crippen molar-refractivity contribution in [3.8, 4) is 11.4 Å². The predicted molar refractivity (Wildman–Crippen MR) is 121 cm³/mol. The van der Waals surface area contributed by atoms with E-state index in [4.69, 9.17) is 9.47 Å². The number of hydrogen-bond donors (Lipinski definition) is 1. The summed E-state index contributed by atoms with van der Waals surface area (Å²) in [6.07, 6.45) is 3.29. The molecule has 0 bridgehead atoms. The second kappa shape index (κ2) is 9.05. The Kier molecular flexibility index (Phi) is 6.40. The topological polar surface area (TPSA) is 104 Å². The number of ether oxygens (including phenoxy) is 2. The van der Waals surface area contributed by atoms with E-state index in [1.54, 1.807) is 12.1 Å². The first kappa shape index (κ1) is 21.9. The minimum absolute atomic E-state index is 0.0268.